The molecule has 0 saturated heterocycles. The van der Waals surface area contributed by atoms with E-state index >= 15 is 0 Å². The van der Waals surface area contributed by atoms with Gasteiger partial charge in [-0.1, -0.05) is 6.07 Å². The molecular formula is C12H9Br2FN2. The van der Waals surface area contributed by atoms with E-state index in [-0.39, 0.29) is 5.82 Å². The van der Waals surface area contributed by atoms with Crippen LogP contribution < -0.4 is 5.32 Å². The number of halogens is 3. The number of hydrogen-bond acceptors (Lipinski definition) is 2. The molecule has 1 aromatic carbocycles. The third kappa shape index (κ3) is 3.04. The second-order valence-electron chi connectivity index (χ2n) is 3.55. The number of anilines is 2. The molecule has 88 valence electrons. The lowest BCUT2D eigenvalue weighted by molar-refractivity contribution is 0.620. The fraction of sp³-hybridized carbons (Fsp3) is 0.0833. The number of pyridine rings is 1. The van der Waals surface area contributed by atoms with E-state index in [0.29, 0.717) is 10.3 Å². The van der Waals surface area contributed by atoms with Crippen LogP contribution in [0.4, 0.5) is 15.9 Å². The standard InChI is InChI=1S/C12H9Br2FN2/c1-7-5-9(15)8(13)6-10(7)16-12-4-2-3-11(14)17-12/h2-6H,1H3,(H,16,17). The first kappa shape index (κ1) is 12.5. The Balaban J connectivity index is 2.33. The van der Waals surface area contributed by atoms with Crippen LogP contribution >= 0.6 is 31.9 Å². The summed E-state index contributed by atoms with van der Waals surface area (Å²) in [6.45, 7) is 1.84. The normalized spacial score (nSPS) is 10.4. The topological polar surface area (TPSA) is 24.9 Å². The predicted molar refractivity (Wildman–Crippen MR) is 74.1 cm³/mol. The van der Waals surface area contributed by atoms with Gasteiger partial charge in [0, 0.05) is 5.69 Å². The Kier molecular flexibility index (Phi) is 3.79. The number of rotatable bonds is 2. The smallest absolute Gasteiger partial charge is 0.137 e. The number of nitrogens with zero attached hydrogens (tertiary/aromatic N) is 1. The highest BCUT2D eigenvalue weighted by Crippen LogP contribution is 2.26. The molecule has 0 fully saturated rings. The van der Waals surface area contributed by atoms with Crippen molar-refractivity contribution in [2.45, 2.75) is 6.92 Å². The van der Waals surface area contributed by atoms with Crippen LogP contribution in [-0.2, 0) is 0 Å². The molecule has 0 bridgehead atoms. The second-order valence-corrected chi connectivity index (χ2v) is 5.22. The Bertz CT molecular complexity index is 558. The zero-order valence-electron chi connectivity index (χ0n) is 8.97. The van der Waals surface area contributed by atoms with Crippen molar-refractivity contribution in [2.75, 3.05) is 5.32 Å². The summed E-state index contributed by atoms with van der Waals surface area (Å²) in [5, 5.41) is 3.14. The van der Waals surface area contributed by atoms with Crippen molar-refractivity contribution in [3.8, 4) is 0 Å². The summed E-state index contributed by atoms with van der Waals surface area (Å²) in [6, 6.07) is 8.76. The summed E-state index contributed by atoms with van der Waals surface area (Å²) in [6.07, 6.45) is 0. The molecule has 0 aliphatic rings. The molecular weight excluding hydrogens is 351 g/mol. The van der Waals surface area contributed by atoms with Crippen LogP contribution in [0, 0.1) is 12.7 Å². The van der Waals surface area contributed by atoms with Gasteiger partial charge in [-0.3, -0.25) is 0 Å². The maximum atomic E-state index is 13.3. The minimum absolute atomic E-state index is 0.268. The van der Waals surface area contributed by atoms with Crippen molar-refractivity contribution in [2.24, 2.45) is 0 Å². The lowest BCUT2D eigenvalue weighted by Gasteiger charge is -2.10. The number of aryl methyl sites for hydroxylation is 1. The van der Waals surface area contributed by atoms with E-state index in [1.165, 1.54) is 6.07 Å². The molecule has 0 aliphatic heterocycles. The average Bonchev–Trinajstić information content (AvgIpc) is 2.26. The molecule has 17 heavy (non-hydrogen) atoms. The average molecular weight is 360 g/mol. The third-order valence-corrected chi connectivity index (χ3v) is 3.29. The molecule has 0 spiro atoms. The summed E-state index contributed by atoms with van der Waals surface area (Å²) in [4.78, 5) is 4.26. The first-order chi connectivity index (χ1) is 8.06. The largest absolute Gasteiger partial charge is 0.340 e. The zero-order valence-corrected chi connectivity index (χ0v) is 12.1. The van der Waals surface area contributed by atoms with E-state index in [9.17, 15) is 4.39 Å². The van der Waals surface area contributed by atoms with Gasteiger partial charge in [0.2, 0.25) is 0 Å². The van der Waals surface area contributed by atoms with Crippen molar-refractivity contribution in [1.29, 1.82) is 0 Å². The van der Waals surface area contributed by atoms with Crippen molar-refractivity contribution >= 4 is 43.4 Å². The summed E-state index contributed by atoms with van der Waals surface area (Å²) in [7, 11) is 0. The molecule has 0 amide bonds. The minimum atomic E-state index is -0.268. The van der Waals surface area contributed by atoms with Gasteiger partial charge in [0.1, 0.15) is 16.2 Å². The Labute approximate surface area is 116 Å². The molecule has 5 heteroatoms. The van der Waals surface area contributed by atoms with Crippen molar-refractivity contribution in [1.82, 2.24) is 4.98 Å². The number of nitrogens with one attached hydrogen (secondary N) is 1. The molecule has 1 aromatic heterocycles. The Morgan fingerprint density at radius 3 is 2.71 bits per heavy atom. The molecule has 0 unspecified atom stereocenters. The summed E-state index contributed by atoms with van der Waals surface area (Å²) < 4.78 is 14.4. The molecule has 2 nitrogen and oxygen atoms in total. The van der Waals surface area contributed by atoms with E-state index in [1.807, 2.05) is 25.1 Å². The lowest BCUT2D eigenvalue weighted by atomic mass is 10.2. The second kappa shape index (κ2) is 5.14. The molecule has 2 rings (SSSR count). The fourth-order valence-corrected chi connectivity index (χ4v) is 2.08. The first-order valence-electron chi connectivity index (χ1n) is 4.91. The Morgan fingerprint density at radius 2 is 2.00 bits per heavy atom. The van der Waals surface area contributed by atoms with Gasteiger partial charge in [0.05, 0.1) is 4.47 Å². The van der Waals surface area contributed by atoms with Crippen LogP contribution in [0.15, 0.2) is 39.4 Å². The van der Waals surface area contributed by atoms with E-state index in [1.54, 1.807) is 6.07 Å². The molecule has 0 radical (unpaired) electrons. The van der Waals surface area contributed by atoms with E-state index in [2.05, 4.69) is 42.2 Å². The van der Waals surface area contributed by atoms with Crippen LogP contribution in [0.5, 0.6) is 0 Å². The van der Waals surface area contributed by atoms with Gasteiger partial charge in [0.15, 0.2) is 0 Å². The Morgan fingerprint density at radius 1 is 1.24 bits per heavy atom. The number of hydrogen-bond donors (Lipinski definition) is 1. The van der Waals surface area contributed by atoms with Gasteiger partial charge < -0.3 is 5.32 Å². The molecule has 1 N–H and O–H groups in total. The fourth-order valence-electron chi connectivity index (χ4n) is 1.40. The molecule has 0 atom stereocenters. The van der Waals surface area contributed by atoms with Crippen molar-refractivity contribution in [3.63, 3.8) is 0 Å². The highest BCUT2D eigenvalue weighted by Gasteiger charge is 2.06. The number of benzene rings is 1. The van der Waals surface area contributed by atoms with Crippen LogP contribution in [0.25, 0.3) is 0 Å². The van der Waals surface area contributed by atoms with E-state index < -0.39 is 0 Å². The molecule has 0 aliphatic carbocycles. The quantitative estimate of drug-likeness (QED) is 0.779. The summed E-state index contributed by atoms with van der Waals surface area (Å²) in [5.74, 6) is 0.441. The van der Waals surface area contributed by atoms with Crippen LogP contribution in [-0.4, -0.2) is 4.98 Å². The zero-order chi connectivity index (χ0) is 12.4. The van der Waals surface area contributed by atoms with E-state index in [4.69, 9.17) is 0 Å². The van der Waals surface area contributed by atoms with Gasteiger partial charge in [0.25, 0.3) is 0 Å². The van der Waals surface area contributed by atoms with Crippen LogP contribution in [0.3, 0.4) is 0 Å². The van der Waals surface area contributed by atoms with Crippen LogP contribution in [0.1, 0.15) is 5.56 Å². The van der Waals surface area contributed by atoms with Gasteiger partial charge >= 0.3 is 0 Å². The third-order valence-electron chi connectivity index (χ3n) is 2.25. The maximum absolute atomic E-state index is 13.3. The molecule has 2 aromatic rings. The van der Waals surface area contributed by atoms with Crippen molar-refractivity contribution in [3.05, 3.63) is 50.8 Å². The van der Waals surface area contributed by atoms with E-state index in [0.717, 1.165) is 15.9 Å². The summed E-state index contributed by atoms with van der Waals surface area (Å²) >= 11 is 6.46. The molecule has 0 saturated carbocycles. The molecule has 1 heterocycles. The monoisotopic (exact) mass is 358 g/mol. The van der Waals surface area contributed by atoms with Gasteiger partial charge in [-0.2, -0.15) is 0 Å². The van der Waals surface area contributed by atoms with Gasteiger partial charge in [-0.15, -0.1) is 0 Å². The highest BCUT2D eigenvalue weighted by molar-refractivity contribution is 9.10. The maximum Gasteiger partial charge on any atom is 0.137 e. The summed E-state index contributed by atoms with van der Waals surface area (Å²) in [5.41, 5.74) is 1.65. The Hall–Kier alpha value is -0.940. The van der Waals surface area contributed by atoms with Crippen LogP contribution in [0.2, 0.25) is 0 Å². The highest BCUT2D eigenvalue weighted by atomic mass is 79.9. The van der Waals surface area contributed by atoms with Gasteiger partial charge in [-0.25, -0.2) is 9.37 Å². The van der Waals surface area contributed by atoms with Gasteiger partial charge in [-0.05, 0) is 68.6 Å². The number of aromatic nitrogens is 1. The first-order valence-corrected chi connectivity index (χ1v) is 6.50. The minimum Gasteiger partial charge on any atom is -0.340 e. The predicted octanol–water partition coefficient (Wildman–Crippen LogP) is 4.80. The lowest BCUT2D eigenvalue weighted by Crippen LogP contribution is -1.96. The SMILES string of the molecule is Cc1cc(F)c(Br)cc1Nc1cccc(Br)n1. The van der Waals surface area contributed by atoms with Crippen molar-refractivity contribution < 1.29 is 4.39 Å².